The van der Waals surface area contributed by atoms with Crippen LogP contribution in [-0.4, -0.2) is 4.57 Å². The van der Waals surface area contributed by atoms with Gasteiger partial charge in [-0.3, -0.25) is 0 Å². The van der Waals surface area contributed by atoms with Crippen molar-refractivity contribution in [3.05, 3.63) is 124 Å². The van der Waals surface area contributed by atoms with E-state index in [0.29, 0.717) is 0 Å². The lowest BCUT2D eigenvalue weighted by molar-refractivity contribution is 1.04. The number of aromatic nitrogens is 1. The highest BCUT2D eigenvalue weighted by Crippen LogP contribution is 2.47. The number of fused-ring (bicyclic) bond motifs is 11. The van der Waals surface area contributed by atoms with Crippen LogP contribution in [0.15, 0.2) is 91.0 Å². The highest BCUT2D eigenvalue weighted by atomic mass is 15.0. The fourth-order valence-electron chi connectivity index (χ4n) is 6.93. The Labute approximate surface area is 197 Å². The predicted molar refractivity (Wildman–Crippen MR) is 140 cm³/mol. The highest BCUT2D eigenvalue weighted by molar-refractivity contribution is 6.13. The molecule has 1 nitrogen and oxygen atoms in total. The maximum atomic E-state index is 2.53. The molecule has 0 bridgehead atoms. The minimum Gasteiger partial charge on any atom is -0.309 e. The summed E-state index contributed by atoms with van der Waals surface area (Å²) in [6.45, 7) is 0. The lowest BCUT2D eigenvalue weighted by Crippen LogP contribution is -2.07. The Balaban J connectivity index is 1.33. The van der Waals surface area contributed by atoms with E-state index in [2.05, 4.69) is 95.6 Å². The van der Waals surface area contributed by atoms with E-state index in [4.69, 9.17) is 0 Å². The van der Waals surface area contributed by atoms with Crippen LogP contribution < -0.4 is 0 Å². The third-order valence-electron chi connectivity index (χ3n) is 8.40. The van der Waals surface area contributed by atoms with Crippen molar-refractivity contribution in [2.75, 3.05) is 0 Å². The van der Waals surface area contributed by atoms with E-state index < -0.39 is 0 Å². The Morgan fingerprint density at radius 3 is 2.00 bits per heavy atom. The number of nitrogens with zero attached hydrogens (tertiary/aromatic N) is 1. The van der Waals surface area contributed by atoms with Gasteiger partial charge in [-0.2, -0.15) is 0 Å². The SMILES string of the molecule is c1ccc2c(c1)Cc1cc3c(cc1-2)Cc1cc2c(cc1-3)c1cccc3c1n2-c1ccccc1C3. The van der Waals surface area contributed by atoms with E-state index in [0.717, 1.165) is 19.3 Å². The summed E-state index contributed by atoms with van der Waals surface area (Å²) in [4.78, 5) is 0. The van der Waals surface area contributed by atoms with Gasteiger partial charge in [0.15, 0.2) is 0 Å². The highest BCUT2D eigenvalue weighted by Gasteiger charge is 2.28. The van der Waals surface area contributed by atoms with Crippen LogP contribution in [0.2, 0.25) is 0 Å². The molecule has 34 heavy (non-hydrogen) atoms. The Bertz CT molecular complexity index is 1880. The summed E-state index contributed by atoms with van der Waals surface area (Å²) >= 11 is 0. The van der Waals surface area contributed by atoms with Gasteiger partial charge in [0.2, 0.25) is 0 Å². The van der Waals surface area contributed by atoms with E-state index in [1.54, 1.807) is 0 Å². The molecule has 0 amide bonds. The molecule has 1 aliphatic heterocycles. The minimum absolute atomic E-state index is 1.01. The quantitative estimate of drug-likeness (QED) is 0.231. The summed E-state index contributed by atoms with van der Waals surface area (Å²) in [5.41, 5.74) is 18.5. The molecule has 6 aromatic rings. The van der Waals surface area contributed by atoms with Crippen molar-refractivity contribution in [3.63, 3.8) is 0 Å². The molecule has 0 atom stereocenters. The van der Waals surface area contributed by atoms with E-state index in [1.807, 2.05) is 0 Å². The Morgan fingerprint density at radius 1 is 0.441 bits per heavy atom. The molecule has 0 fully saturated rings. The van der Waals surface area contributed by atoms with Gasteiger partial charge in [0.25, 0.3) is 0 Å². The van der Waals surface area contributed by atoms with E-state index in [1.165, 1.54) is 83.1 Å². The van der Waals surface area contributed by atoms with Gasteiger partial charge in [0.1, 0.15) is 0 Å². The number of rotatable bonds is 0. The third-order valence-corrected chi connectivity index (χ3v) is 8.40. The third kappa shape index (κ3) is 2.02. The molecule has 0 saturated heterocycles. The fourth-order valence-corrected chi connectivity index (χ4v) is 6.93. The minimum atomic E-state index is 1.01. The van der Waals surface area contributed by atoms with Crippen molar-refractivity contribution in [1.29, 1.82) is 0 Å². The van der Waals surface area contributed by atoms with E-state index >= 15 is 0 Å². The van der Waals surface area contributed by atoms with Crippen LogP contribution in [0.25, 0.3) is 49.7 Å². The van der Waals surface area contributed by atoms with Gasteiger partial charge in [-0.25, -0.2) is 0 Å². The average Bonchev–Trinajstić information content (AvgIpc) is 3.52. The maximum absolute atomic E-state index is 2.53. The first-order valence-electron chi connectivity index (χ1n) is 12.3. The fraction of sp³-hybridized carbons (Fsp3) is 0.0909. The lowest BCUT2D eigenvalue weighted by Gasteiger charge is -2.20. The van der Waals surface area contributed by atoms with Crippen molar-refractivity contribution in [2.45, 2.75) is 19.3 Å². The smallest absolute Gasteiger partial charge is 0.0576 e. The van der Waals surface area contributed by atoms with Gasteiger partial charge in [-0.05, 0) is 98.8 Å². The number of benzene rings is 5. The first-order valence-corrected chi connectivity index (χ1v) is 12.3. The molecule has 2 aliphatic carbocycles. The monoisotopic (exact) mass is 431 g/mol. The molecular weight excluding hydrogens is 410 g/mol. The second-order valence-corrected chi connectivity index (χ2v) is 10.2. The molecule has 0 unspecified atom stereocenters. The molecule has 158 valence electrons. The van der Waals surface area contributed by atoms with Crippen molar-refractivity contribution in [3.8, 4) is 27.9 Å². The molecule has 0 spiro atoms. The summed E-state index contributed by atoms with van der Waals surface area (Å²) < 4.78 is 2.53. The lowest BCUT2D eigenvalue weighted by atomic mass is 9.96. The molecule has 0 N–H and O–H groups in total. The normalized spacial score (nSPS) is 14.1. The summed E-state index contributed by atoms with van der Waals surface area (Å²) in [5, 5.41) is 2.76. The van der Waals surface area contributed by atoms with Crippen LogP contribution in [0, 0.1) is 0 Å². The van der Waals surface area contributed by atoms with Crippen molar-refractivity contribution >= 4 is 21.8 Å². The number of hydrogen-bond donors (Lipinski definition) is 0. The number of para-hydroxylation sites is 2. The summed E-state index contributed by atoms with van der Waals surface area (Å²) in [5.74, 6) is 0. The van der Waals surface area contributed by atoms with Crippen LogP contribution in [-0.2, 0) is 19.3 Å². The second-order valence-electron chi connectivity index (χ2n) is 10.2. The van der Waals surface area contributed by atoms with Crippen molar-refractivity contribution in [2.24, 2.45) is 0 Å². The molecular formula is C33H21N. The first-order chi connectivity index (χ1) is 16.8. The summed E-state index contributed by atoms with van der Waals surface area (Å²) in [7, 11) is 0. The molecule has 3 aliphatic rings. The molecule has 0 radical (unpaired) electrons. The van der Waals surface area contributed by atoms with Crippen LogP contribution in [0.5, 0.6) is 0 Å². The van der Waals surface area contributed by atoms with Gasteiger partial charge >= 0.3 is 0 Å². The molecule has 9 rings (SSSR count). The summed E-state index contributed by atoms with van der Waals surface area (Å²) in [6, 6.07) is 34.6. The Morgan fingerprint density at radius 2 is 1.09 bits per heavy atom. The average molecular weight is 432 g/mol. The largest absolute Gasteiger partial charge is 0.309 e. The van der Waals surface area contributed by atoms with Crippen LogP contribution >= 0.6 is 0 Å². The van der Waals surface area contributed by atoms with Gasteiger partial charge < -0.3 is 4.57 Å². The molecule has 2 heterocycles. The zero-order valence-electron chi connectivity index (χ0n) is 18.7. The van der Waals surface area contributed by atoms with Crippen molar-refractivity contribution in [1.82, 2.24) is 4.57 Å². The zero-order valence-corrected chi connectivity index (χ0v) is 18.7. The first kappa shape index (κ1) is 17.4. The van der Waals surface area contributed by atoms with Gasteiger partial charge in [-0.15, -0.1) is 0 Å². The van der Waals surface area contributed by atoms with Crippen LogP contribution in [0.1, 0.15) is 33.4 Å². The predicted octanol–water partition coefficient (Wildman–Crippen LogP) is 7.83. The second kappa shape index (κ2) is 5.87. The van der Waals surface area contributed by atoms with E-state index in [-0.39, 0.29) is 0 Å². The molecule has 1 heteroatoms. The van der Waals surface area contributed by atoms with Gasteiger partial charge in [0, 0.05) is 22.9 Å². The van der Waals surface area contributed by atoms with E-state index in [9.17, 15) is 0 Å². The van der Waals surface area contributed by atoms with Gasteiger partial charge in [-0.1, -0.05) is 60.7 Å². The Hall–Kier alpha value is -4.10. The van der Waals surface area contributed by atoms with Crippen LogP contribution in [0.3, 0.4) is 0 Å². The van der Waals surface area contributed by atoms with Gasteiger partial charge in [0.05, 0.1) is 11.0 Å². The standard InChI is InChI=1S/C33H21N/c1-3-9-25-19(6-1)12-22-16-28-23(15-27(22)25)14-24-17-32-30(18-29(24)28)26-10-5-8-21-13-20-7-2-4-11-31(20)34(32)33(21)26/h1-11,15-18H,12-14H2. The molecule has 5 aromatic carbocycles. The maximum Gasteiger partial charge on any atom is 0.0576 e. The topological polar surface area (TPSA) is 4.93 Å². The molecule has 1 aromatic heterocycles. The van der Waals surface area contributed by atoms with Crippen LogP contribution in [0.4, 0.5) is 0 Å². The van der Waals surface area contributed by atoms with Crippen molar-refractivity contribution < 1.29 is 0 Å². The number of hydrogen-bond acceptors (Lipinski definition) is 0. The summed E-state index contributed by atoms with van der Waals surface area (Å²) in [6.07, 6.45) is 3.08. The molecule has 0 saturated carbocycles. The zero-order chi connectivity index (χ0) is 22.0. The Kier molecular flexibility index (Phi) is 3.00.